The molecule has 1 heterocycles. The molecule has 0 bridgehead atoms. The zero-order valence-electron chi connectivity index (χ0n) is 21.4. The van der Waals surface area contributed by atoms with E-state index in [-0.39, 0.29) is 24.9 Å². The van der Waals surface area contributed by atoms with Crippen molar-refractivity contribution in [1.29, 1.82) is 0 Å². The SMILES string of the molecule is CCOc1ccc(NC(=O)CN(C)CC(=O)N2CCN(Cc3ccccc3C)CC2)cc1OCC. The Morgan fingerprint density at radius 1 is 0.943 bits per heavy atom. The summed E-state index contributed by atoms with van der Waals surface area (Å²) in [4.78, 5) is 31.4. The molecule has 0 aliphatic carbocycles. The van der Waals surface area contributed by atoms with Crippen LogP contribution in [0.25, 0.3) is 0 Å². The van der Waals surface area contributed by atoms with E-state index in [2.05, 4.69) is 41.4 Å². The van der Waals surface area contributed by atoms with Crippen molar-refractivity contribution in [3.05, 3.63) is 53.6 Å². The summed E-state index contributed by atoms with van der Waals surface area (Å²) in [6.45, 7) is 11.3. The number of nitrogens with one attached hydrogen (secondary N) is 1. The molecule has 1 fully saturated rings. The maximum absolute atomic E-state index is 12.8. The third-order valence-electron chi connectivity index (χ3n) is 6.03. The number of amides is 2. The Balaban J connectivity index is 1.43. The number of likely N-dealkylation sites (N-methyl/N-ethyl adjacent to an activating group) is 1. The summed E-state index contributed by atoms with van der Waals surface area (Å²) >= 11 is 0. The minimum Gasteiger partial charge on any atom is -0.490 e. The molecule has 1 aliphatic heterocycles. The van der Waals surface area contributed by atoms with Crippen molar-refractivity contribution >= 4 is 17.5 Å². The van der Waals surface area contributed by atoms with Crippen LogP contribution in [0.1, 0.15) is 25.0 Å². The summed E-state index contributed by atoms with van der Waals surface area (Å²) in [6.07, 6.45) is 0. The van der Waals surface area contributed by atoms with Gasteiger partial charge in [0.2, 0.25) is 11.8 Å². The third-order valence-corrected chi connectivity index (χ3v) is 6.03. The number of piperazine rings is 1. The molecular formula is C27H38N4O4. The number of benzene rings is 2. The average Bonchev–Trinajstić information content (AvgIpc) is 2.82. The van der Waals surface area contributed by atoms with Gasteiger partial charge in [-0.2, -0.15) is 0 Å². The summed E-state index contributed by atoms with van der Waals surface area (Å²) in [5.74, 6) is 1.11. The summed E-state index contributed by atoms with van der Waals surface area (Å²) < 4.78 is 11.2. The Bertz CT molecular complexity index is 989. The fraction of sp³-hybridized carbons (Fsp3) is 0.481. The van der Waals surface area contributed by atoms with E-state index in [1.54, 1.807) is 30.1 Å². The molecule has 0 spiro atoms. The lowest BCUT2D eigenvalue weighted by atomic mass is 10.1. The highest BCUT2D eigenvalue weighted by molar-refractivity contribution is 5.93. The predicted molar refractivity (Wildman–Crippen MR) is 138 cm³/mol. The maximum Gasteiger partial charge on any atom is 0.238 e. The van der Waals surface area contributed by atoms with Crippen molar-refractivity contribution in [1.82, 2.24) is 14.7 Å². The monoisotopic (exact) mass is 482 g/mol. The first-order chi connectivity index (χ1) is 16.9. The first kappa shape index (κ1) is 26.5. The minimum atomic E-state index is -0.185. The molecule has 190 valence electrons. The number of anilines is 1. The smallest absolute Gasteiger partial charge is 0.238 e. The van der Waals surface area contributed by atoms with Crippen LogP contribution in [-0.2, 0) is 16.1 Å². The topological polar surface area (TPSA) is 74.4 Å². The van der Waals surface area contributed by atoms with Crippen LogP contribution in [0, 0.1) is 6.92 Å². The van der Waals surface area contributed by atoms with Crippen molar-refractivity contribution in [2.75, 3.05) is 64.8 Å². The number of carbonyl (C=O) groups excluding carboxylic acids is 2. The Kier molecular flexibility index (Phi) is 9.93. The van der Waals surface area contributed by atoms with Crippen molar-refractivity contribution in [3.8, 4) is 11.5 Å². The molecule has 1 saturated heterocycles. The van der Waals surface area contributed by atoms with Crippen LogP contribution in [0.3, 0.4) is 0 Å². The van der Waals surface area contributed by atoms with Gasteiger partial charge in [-0.3, -0.25) is 19.4 Å². The van der Waals surface area contributed by atoms with Crippen LogP contribution < -0.4 is 14.8 Å². The highest BCUT2D eigenvalue weighted by Gasteiger charge is 2.23. The van der Waals surface area contributed by atoms with E-state index in [0.29, 0.717) is 43.5 Å². The van der Waals surface area contributed by atoms with E-state index in [0.717, 1.165) is 19.6 Å². The van der Waals surface area contributed by atoms with Crippen LogP contribution in [-0.4, -0.2) is 86.0 Å². The Morgan fingerprint density at radius 3 is 2.31 bits per heavy atom. The first-order valence-corrected chi connectivity index (χ1v) is 12.3. The molecule has 8 heteroatoms. The quantitative estimate of drug-likeness (QED) is 0.531. The van der Waals surface area contributed by atoms with Gasteiger partial charge in [0.15, 0.2) is 11.5 Å². The molecule has 3 rings (SSSR count). The number of aryl methyl sites for hydroxylation is 1. The second-order valence-electron chi connectivity index (χ2n) is 8.83. The van der Waals surface area contributed by atoms with Gasteiger partial charge >= 0.3 is 0 Å². The Morgan fingerprint density at radius 2 is 1.63 bits per heavy atom. The summed E-state index contributed by atoms with van der Waals surface area (Å²) in [7, 11) is 1.79. The number of rotatable bonds is 11. The van der Waals surface area contributed by atoms with E-state index in [1.165, 1.54) is 11.1 Å². The van der Waals surface area contributed by atoms with Crippen LogP contribution in [0.5, 0.6) is 11.5 Å². The summed E-state index contributed by atoms with van der Waals surface area (Å²) in [6, 6.07) is 13.8. The number of ether oxygens (including phenoxy) is 2. The molecule has 0 saturated carbocycles. The van der Waals surface area contributed by atoms with Crippen LogP contribution in [0.15, 0.2) is 42.5 Å². The molecule has 1 N–H and O–H groups in total. The van der Waals surface area contributed by atoms with E-state index >= 15 is 0 Å². The fourth-order valence-electron chi connectivity index (χ4n) is 4.15. The van der Waals surface area contributed by atoms with Gasteiger partial charge in [0.05, 0.1) is 26.3 Å². The minimum absolute atomic E-state index is 0.0514. The lowest BCUT2D eigenvalue weighted by Gasteiger charge is -2.35. The normalized spacial score (nSPS) is 14.1. The predicted octanol–water partition coefficient (Wildman–Crippen LogP) is 3.01. The average molecular weight is 483 g/mol. The molecule has 0 aromatic heterocycles. The van der Waals surface area contributed by atoms with Gasteiger partial charge in [0.1, 0.15) is 0 Å². The van der Waals surface area contributed by atoms with Crippen molar-refractivity contribution < 1.29 is 19.1 Å². The molecule has 2 aromatic carbocycles. The molecular weight excluding hydrogens is 444 g/mol. The summed E-state index contributed by atoms with van der Waals surface area (Å²) in [5, 5.41) is 2.88. The maximum atomic E-state index is 12.8. The third kappa shape index (κ3) is 7.97. The fourth-order valence-corrected chi connectivity index (χ4v) is 4.15. The number of carbonyl (C=O) groups is 2. The van der Waals surface area contributed by atoms with Gasteiger partial charge in [-0.1, -0.05) is 24.3 Å². The number of hydrogen-bond acceptors (Lipinski definition) is 6. The molecule has 2 aromatic rings. The standard InChI is InChI=1S/C27H38N4O4/c1-5-34-24-12-11-23(17-25(24)35-6-2)28-26(32)19-29(4)20-27(33)31-15-13-30(14-16-31)18-22-10-8-7-9-21(22)3/h7-12,17H,5-6,13-16,18-20H2,1-4H3,(H,28,32). The lowest BCUT2D eigenvalue weighted by molar-refractivity contribution is -0.134. The molecule has 8 nitrogen and oxygen atoms in total. The zero-order chi connectivity index (χ0) is 25.2. The lowest BCUT2D eigenvalue weighted by Crippen LogP contribution is -2.51. The highest BCUT2D eigenvalue weighted by Crippen LogP contribution is 2.30. The van der Waals surface area contributed by atoms with Gasteiger partial charge in [0.25, 0.3) is 0 Å². The first-order valence-electron chi connectivity index (χ1n) is 12.3. The van der Waals surface area contributed by atoms with E-state index in [1.807, 2.05) is 18.7 Å². The second-order valence-corrected chi connectivity index (χ2v) is 8.83. The zero-order valence-corrected chi connectivity index (χ0v) is 21.4. The molecule has 0 atom stereocenters. The Hall–Kier alpha value is -3.10. The second kappa shape index (κ2) is 13.1. The van der Waals surface area contributed by atoms with Crippen molar-refractivity contribution in [2.45, 2.75) is 27.3 Å². The van der Waals surface area contributed by atoms with E-state index in [9.17, 15) is 9.59 Å². The summed E-state index contributed by atoms with van der Waals surface area (Å²) in [5.41, 5.74) is 3.26. The largest absolute Gasteiger partial charge is 0.490 e. The van der Waals surface area contributed by atoms with Crippen LogP contribution in [0.2, 0.25) is 0 Å². The molecule has 35 heavy (non-hydrogen) atoms. The molecule has 2 amide bonds. The van der Waals surface area contributed by atoms with Gasteiger partial charge < -0.3 is 19.7 Å². The van der Waals surface area contributed by atoms with Crippen molar-refractivity contribution in [3.63, 3.8) is 0 Å². The number of nitrogens with zero attached hydrogens (tertiary/aromatic N) is 3. The van der Waals surface area contributed by atoms with Gasteiger partial charge in [-0.05, 0) is 51.1 Å². The highest BCUT2D eigenvalue weighted by atomic mass is 16.5. The van der Waals surface area contributed by atoms with Crippen LogP contribution >= 0.6 is 0 Å². The van der Waals surface area contributed by atoms with Crippen LogP contribution in [0.4, 0.5) is 5.69 Å². The molecule has 0 unspecified atom stereocenters. The van der Waals surface area contributed by atoms with E-state index in [4.69, 9.17) is 9.47 Å². The van der Waals surface area contributed by atoms with Gasteiger partial charge in [0, 0.05) is 44.5 Å². The number of hydrogen-bond donors (Lipinski definition) is 1. The van der Waals surface area contributed by atoms with Crippen molar-refractivity contribution in [2.24, 2.45) is 0 Å². The van der Waals surface area contributed by atoms with Gasteiger partial charge in [-0.15, -0.1) is 0 Å². The van der Waals surface area contributed by atoms with E-state index < -0.39 is 0 Å². The van der Waals surface area contributed by atoms with Gasteiger partial charge in [-0.25, -0.2) is 0 Å². The molecule has 0 radical (unpaired) electrons. The Labute approximate surface area is 208 Å². The molecule has 1 aliphatic rings.